The molecule has 1 aromatic heterocycles. The summed E-state index contributed by atoms with van der Waals surface area (Å²) in [5.41, 5.74) is 1.09. The van der Waals surface area contributed by atoms with Gasteiger partial charge in [-0.1, -0.05) is 13.8 Å². The van der Waals surface area contributed by atoms with Gasteiger partial charge in [0.1, 0.15) is 6.04 Å². The predicted octanol–water partition coefficient (Wildman–Crippen LogP) is 2.28. The molecule has 1 atom stereocenters. The lowest BCUT2D eigenvalue weighted by molar-refractivity contribution is -0.143. The Hall–Kier alpha value is -1.47. The summed E-state index contributed by atoms with van der Waals surface area (Å²) in [6.45, 7) is 8.43. The van der Waals surface area contributed by atoms with E-state index in [-0.39, 0.29) is 17.7 Å². The Morgan fingerprint density at radius 1 is 1.42 bits per heavy atom. The van der Waals surface area contributed by atoms with Crippen molar-refractivity contribution in [3.8, 4) is 0 Å². The van der Waals surface area contributed by atoms with Crippen molar-refractivity contribution < 1.29 is 14.7 Å². The van der Waals surface area contributed by atoms with Crippen LogP contribution in [0.5, 0.6) is 0 Å². The van der Waals surface area contributed by atoms with E-state index >= 15 is 0 Å². The molecule has 1 aliphatic rings. The maximum Gasteiger partial charge on any atom is 0.326 e. The normalized spacial score (nSPS) is 17.8. The fourth-order valence-electron chi connectivity index (χ4n) is 3.05. The zero-order chi connectivity index (χ0) is 17.7. The molecule has 0 saturated carbocycles. The van der Waals surface area contributed by atoms with Crippen LogP contribution in [-0.2, 0) is 16.1 Å². The van der Waals surface area contributed by atoms with Crippen molar-refractivity contribution in [2.24, 2.45) is 11.8 Å². The van der Waals surface area contributed by atoms with Gasteiger partial charge in [-0.05, 0) is 45.2 Å². The first-order valence-electron chi connectivity index (χ1n) is 8.51. The maximum absolute atomic E-state index is 12.4. The number of rotatable bonds is 7. The molecule has 134 valence electrons. The minimum Gasteiger partial charge on any atom is -0.480 e. The number of aromatic nitrogens is 1. The van der Waals surface area contributed by atoms with E-state index in [4.69, 9.17) is 0 Å². The van der Waals surface area contributed by atoms with E-state index in [0.29, 0.717) is 6.42 Å². The van der Waals surface area contributed by atoms with Crippen LogP contribution in [0, 0.1) is 18.8 Å². The summed E-state index contributed by atoms with van der Waals surface area (Å²) >= 11 is 1.66. The fourth-order valence-corrected chi connectivity index (χ4v) is 3.65. The molecule has 0 aromatic carbocycles. The van der Waals surface area contributed by atoms with Gasteiger partial charge in [-0.3, -0.25) is 9.69 Å². The molecule has 2 rings (SSSR count). The Balaban J connectivity index is 1.80. The van der Waals surface area contributed by atoms with E-state index in [0.717, 1.165) is 43.2 Å². The number of amides is 1. The first kappa shape index (κ1) is 18.9. The van der Waals surface area contributed by atoms with Crippen LogP contribution >= 0.6 is 11.3 Å². The SMILES string of the molecule is Cc1nc(CN2CCC(C(=O)NC(CC(C)C)C(=O)O)CC2)cs1. The number of carbonyl (C=O) groups excluding carboxylic acids is 1. The third kappa shape index (κ3) is 5.56. The summed E-state index contributed by atoms with van der Waals surface area (Å²) in [4.78, 5) is 30.4. The second-order valence-corrected chi connectivity index (χ2v) is 8.00. The Kier molecular flexibility index (Phi) is 6.74. The molecule has 2 heterocycles. The van der Waals surface area contributed by atoms with Gasteiger partial charge in [-0.15, -0.1) is 11.3 Å². The summed E-state index contributed by atoms with van der Waals surface area (Å²) in [5.74, 6) is -0.928. The topological polar surface area (TPSA) is 82.5 Å². The van der Waals surface area contributed by atoms with Crippen molar-refractivity contribution in [2.45, 2.75) is 52.6 Å². The summed E-state index contributed by atoms with van der Waals surface area (Å²) in [7, 11) is 0. The van der Waals surface area contributed by atoms with Gasteiger partial charge in [0.25, 0.3) is 0 Å². The largest absolute Gasteiger partial charge is 0.480 e. The number of carbonyl (C=O) groups is 2. The van der Waals surface area contributed by atoms with Gasteiger partial charge >= 0.3 is 5.97 Å². The third-order valence-electron chi connectivity index (χ3n) is 4.33. The van der Waals surface area contributed by atoms with Gasteiger partial charge in [0.05, 0.1) is 10.7 Å². The van der Waals surface area contributed by atoms with E-state index in [2.05, 4.69) is 20.6 Å². The van der Waals surface area contributed by atoms with Crippen LogP contribution in [0.15, 0.2) is 5.38 Å². The second-order valence-electron chi connectivity index (χ2n) is 6.94. The number of hydrogen-bond donors (Lipinski definition) is 2. The van der Waals surface area contributed by atoms with Crippen LogP contribution in [0.4, 0.5) is 0 Å². The number of nitrogens with one attached hydrogen (secondary N) is 1. The number of thiazole rings is 1. The summed E-state index contributed by atoms with van der Waals surface area (Å²) in [6.07, 6.45) is 2.00. The van der Waals surface area contributed by atoms with Crippen molar-refractivity contribution in [3.63, 3.8) is 0 Å². The Morgan fingerprint density at radius 2 is 2.08 bits per heavy atom. The van der Waals surface area contributed by atoms with Gasteiger partial charge < -0.3 is 10.4 Å². The monoisotopic (exact) mass is 353 g/mol. The minimum absolute atomic E-state index is 0.0903. The molecule has 24 heavy (non-hydrogen) atoms. The van der Waals surface area contributed by atoms with Gasteiger partial charge in [0.15, 0.2) is 0 Å². The Labute approximate surface area is 147 Å². The highest BCUT2D eigenvalue weighted by molar-refractivity contribution is 7.09. The van der Waals surface area contributed by atoms with Crippen LogP contribution in [0.25, 0.3) is 0 Å². The zero-order valence-corrected chi connectivity index (χ0v) is 15.4. The molecule has 7 heteroatoms. The average Bonchev–Trinajstić information content (AvgIpc) is 2.91. The number of piperidine rings is 1. The zero-order valence-electron chi connectivity index (χ0n) is 14.6. The molecule has 1 aliphatic heterocycles. The molecule has 2 N–H and O–H groups in total. The molecular weight excluding hydrogens is 326 g/mol. The highest BCUT2D eigenvalue weighted by atomic mass is 32.1. The van der Waals surface area contributed by atoms with Crippen LogP contribution in [-0.4, -0.2) is 46.0 Å². The number of nitrogens with zero attached hydrogens (tertiary/aromatic N) is 2. The van der Waals surface area contributed by atoms with Crippen molar-refractivity contribution >= 4 is 23.2 Å². The Morgan fingerprint density at radius 3 is 2.58 bits per heavy atom. The van der Waals surface area contributed by atoms with Crippen LogP contribution < -0.4 is 5.32 Å². The lowest BCUT2D eigenvalue weighted by Crippen LogP contribution is -2.47. The lowest BCUT2D eigenvalue weighted by Gasteiger charge is -2.31. The maximum atomic E-state index is 12.4. The molecule has 1 unspecified atom stereocenters. The molecule has 0 aliphatic carbocycles. The molecule has 0 bridgehead atoms. The third-order valence-corrected chi connectivity index (χ3v) is 5.15. The van der Waals surface area contributed by atoms with Crippen molar-refractivity contribution in [1.82, 2.24) is 15.2 Å². The van der Waals surface area contributed by atoms with Gasteiger partial charge in [-0.25, -0.2) is 9.78 Å². The number of carboxylic acids is 1. The van der Waals surface area contributed by atoms with Crippen LogP contribution in [0.2, 0.25) is 0 Å². The van der Waals surface area contributed by atoms with E-state index in [1.165, 1.54) is 0 Å². The first-order chi connectivity index (χ1) is 11.3. The molecule has 1 saturated heterocycles. The molecular formula is C17H27N3O3S. The van der Waals surface area contributed by atoms with Gasteiger partial charge in [0.2, 0.25) is 5.91 Å². The second kappa shape index (κ2) is 8.58. The van der Waals surface area contributed by atoms with E-state index in [1.807, 2.05) is 20.8 Å². The Bertz CT molecular complexity index is 565. The minimum atomic E-state index is -0.951. The van der Waals surface area contributed by atoms with Crippen LogP contribution in [0.3, 0.4) is 0 Å². The first-order valence-corrected chi connectivity index (χ1v) is 9.39. The highest BCUT2D eigenvalue weighted by Crippen LogP contribution is 2.20. The molecule has 1 aromatic rings. The predicted molar refractivity (Wildman–Crippen MR) is 93.9 cm³/mol. The molecule has 0 radical (unpaired) electrons. The van der Waals surface area contributed by atoms with Crippen molar-refractivity contribution in [2.75, 3.05) is 13.1 Å². The summed E-state index contributed by atoms with van der Waals surface area (Å²) in [6, 6.07) is -0.784. The lowest BCUT2D eigenvalue weighted by atomic mass is 9.94. The van der Waals surface area contributed by atoms with Crippen molar-refractivity contribution in [3.05, 3.63) is 16.1 Å². The molecule has 0 spiro atoms. The molecule has 1 fully saturated rings. The average molecular weight is 353 g/mol. The number of likely N-dealkylation sites (tertiary alicyclic amines) is 1. The molecule has 6 nitrogen and oxygen atoms in total. The number of aryl methyl sites for hydroxylation is 1. The molecule has 1 amide bonds. The van der Waals surface area contributed by atoms with Crippen molar-refractivity contribution in [1.29, 1.82) is 0 Å². The smallest absolute Gasteiger partial charge is 0.326 e. The number of hydrogen-bond acceptors (Lipinski definition) is 5. The van der Waals surface area contributed by atoms with Crippen LogP contribution in [0.1, 0.15) is 43.8 Å². The van der Waals surface area contributed by atoms with E-state index in [1.54, 1.807) is 11.3 Å². The standard InChI is InChI=1S/C17H27N3O3S/c1-11(2)8-15(17(22)23)19-16(21)13-4-6-20(7-5-13)9-14-10-24-12(3)18-14/h10-11,13,15H,4-9H2,1-3H3,(H,19,21)(H,22,23). The quantitative estimate of drug-likeness (QED) is 0.786. The van der Waals surface area contributed by atoms with E-state index in [9.17, 15) is 14.7 Å². The fraction of sp³-hybridized carbons (Fsp3) is 0.706. The number of aliphatic carboxylic acids is 1. The van der Waals surface area contributed by atoms with Gasteiger partial charge in [0, 0.05) is 17.8 Å². The van der Waals surface area contributed by atoms with E-state index < -0.39 is 12.0 Å². The summed E-state index contributed by atoms with van der Waals surface area (Å²) < 4.78 is 0. The highest BCUT2D eigenvalue weighted by Gasteiger charge is 2.29. The van der Waals surface area contributed by atoms with Gasteiger partial charge in [-0.2, -0.15) is 0 Å². The summed E-state index contributed by atoms with van der Waals surface area (Å²) in [5, 5.41) is 15.1. The number of carboxylic acid groups (broad SMARTS) is 1.